The molecule has 0 saturated heterocycles. The summed E-state index contributed by atoms with van der Waals surface area (Å²) in [5.74, 6) is -0.344. The molecule has 0 aliphatic carbocycles. The highest BCUT2D eigenvalue weighted by atomic mass is 35.5. The highest BCUT2D eigenvalue weighted by Gasteiger charge is 2.17. The Bertz CT molecular complexity index is 825. The summed E-state index contributed by atoms with van der Waals surface area (Å²) in [6, 6.07) is 10.2. The molecule has 0 unspecified atom stereocenters. The quantitative estimate of drug-likeness (QED) is 0.647. The summed E-state index contributed by atoms with van der Waals surface area (Å²) in [6.45, 7) is 0. The summed E-state index contributed by atoms with van der Waals surface area (Å²) >= 11 is 11.6. The van der Waals surface area contributed by atoms with Gasteiger partial charge in [0.25, 0.3) is 5.69 Å². The van der Waals surface area contributed by atoms with Gasteiger partial charge in [-0.25, -0.2) is 8.42 Å². The molecule has 0 aromatic heterocycles. The van der Waals surface area contributed by atoms with Crippen molar-refractivity contribution in [2.24, 2.45) is 0 Å². The monoisotopic (exact) mass is 360 g/mol. The predicted molar refractivity (Wildman–Crippen MR) is 85.8 cm³/mol. The van der Waals surface area contributed by atoms with Crippen molar-refractivity contribution in [2.75, 3.05) is 4.72 Å². The van der Waals surface area contributed by atoms with E-state index in [0.29, 0.717) is 10.6 Å². The van der Waals surface area contributed by atoms with Crippen molar-refractivity contribution in [3.8, 4) is 0 Å². The van der Waals surface area contributed by atoms with E-state index in [-0.39, 0.29) is 22.2 Å². The lowest BCUT2D eigenvalue weighted by Crippen LogP contribution is -2.15. The number of sulfonamides is 1. The van der Waals surface area contributed by atoms with Gasteiger partial charge in [0.1, 0.15) is 5.02 Å². The molecular weight excluding hydrogens is 351 g/mol. The van der Waals surface area contributed by atoms with Crippen LogP contribution in [0.1, 0.15) is 5.56 Å². The highest BCUT2D eigenvalue weighted by Crippen LogP contribution is 2.28. The number of nitrogens with one attached hydrogen (secondary N) is 1. The zero-order valence-corrected chi connectivity index (χ0v) is 13.3. The van der Waals surface area contributed by atoms with Crippen molar-refractivity contribution in [3.63, 3.8) is 0 Å². The van der Waals surface area contributed by atoms with E-state index in [2.05, 4.69) is 4.72 Å². The normalized spacial score (nSPS) is 11.2. The molecule has 0 radical (unpaired) electrons. The fourth-order valence-electron chi connectivity index (χ4n) is 1.75. The van der Waals surface area contributed by atoms with Gasteiger partial charge in [-0.15, -0.1) is 0 Å². The summed E-state index contributed by atoms with van der Waals surface area (Å²) < 4.78 is 26.5. The Balaban J connectivity index is 2.24. The van der Waals surface area contributed by atoms with Gasteiger partial charge in [0.2, 0.25) is 10.0 Å². The zero-order valence-electron chi connectivity index (χ0n) is 11.0. The van der Waals surface area contributed by atoms with Crippen LogP contribution in [0.25, 0.3) is 0 Å². The van der Waals surface area contributed by atoms with Crippen LogP contribution < -0.4 is 4.72 Å². The fraction of sp³-hybridized carbons (Fsp3) is 0.0769. The minimum Gasteiger partial charge on any atom is -0.283 e. The molecule has 1 N–H and O–H groups in total. The molecular formula is C13H10Cl2N2O4S. The van der Waals surface area contributed by atoms with Crippen LogP contribution in [0, 0.1) is 10.1 Å². The van der Waals surface area contributed by atoms with Crippen molar-refractivity contribution in [1.29, 1.82) is 0 Å². The number of benzene rings is 2. The molecule has 116 valence electrons. The smallest absolute Gasteiger partial charge is 0.283 e. The highest BCUT2D eigenvalue weighted by molar-refractivity contribution is 7.91. The Morgan fingerprint density at radius 3 is 2.41 bits per heavy atom. The lowest BCUT2D eigenvalue weighted by molar-refractivity contribution is -0.384. The van der Waals surface area contributed by atoms with E-state index in [9.17, 15) is 18.5 Å². The number of halogens is 2. The Labute approximate surface area is 136 Å². The average molecular weight is 361 g/mol. The van der Waals surface area contributed by atoms with Crippen molar-refractivity contribution in [1.82, 2.24) is 0 Å². The van der Waals surface area contributed by atoms with Crippen molar-refractivity contribution >= 4 is 44.6 Å². The second kappa shape index (κ2) is 6.51. The average Bonchev–Trinajstić information content (AvgIpc) is 2.43. The van der Waals surface area contributed by atoms with E-state index in [1.807, 2.05) is 0 Å². The van der Waals surface area contributed by atoms with E-state index >= 15 is 0 Å². The molecule has 0 amide bonds. The topological polar surface area (TPSA) is 89.3 Å². The Morgan fingerprint density at radius 2 is 1.77 bits per heavy atom. The molecule has 0 saturated carbocycles. The molecule has 2 aromatic rings. The third-order valence-corrected chi connectivity index (χ3v) is 4.65. The molecule has 0 fully saturated rings. The molecule has 6 nitrogen and oxygen atoms in total. The first kappa shape index (κ1) is 16.5. The van der Waals surface area contributed by atoms with Gasteiger partial charge in [-0.3, -0.25) is 14.8 Å². The maximum absolute atomic E-state index is 12.1. The summed E-state index contributed by atoms with van der Waals surface area (Å²) in [6.07, 6.45) is 0. The molecule has 22 heavy (non-hydrogen) atoms. The number of nitro benzene ring substituents is 1. The maximum Gasteiger partial charge on any atom is 0.289 e. The zero-order chi connectivity index (χ0) is 16.3. The number of hydrogen-bond donors (Lipinski definition) is 1. The van der Waals surface area contributed by atoms with E-state index < -0.39 is 14.9 Å². The second-order valence-electron chi connectivity index (χ2n) is 4.38. The first-order chi connectivity index (χ1) is 10.3. The molecule has 0 aliphatic heterocycles. The molecule has 0 spiro atoms. The summed E-state index contributed by atoms with van der Waals surface area (Å²) in [7, 11) is -3.77. The molecule has 0 bridgehead atoms. The van der Waals surface area contributed by atoms with Gasteiger partial charge >= 0.3 is 0 Å². The molecule has 0 atom stereocenters. The van der Waals surface area contributed by atoms with E-state index in [1.54, 1.807) is 24.3 Å². The van der Waals surface area contributed by atoms with Crippen LogP contribution in [0.5, 0.6) is 0 Å². The lowest BCUT2D eigenvalue weighted by Gasteiger charge is -2.09. The maximum atomic E-state index is 12.1. The summed E-state index contributed by atoms with van der Waals surface area (Å²) in [4.78, 5) is 10.1. The standard InChI is InChI=1S/C13H10Cl2N2O4S/c14-11-4-2-1-3-9(11)8-22(20,21)16-10-5-6-12(15)13(7-10)17(18)19/h1-7,16H,8H2. The van der Waals surface area contributed by atoms with E-state index in [1.165, 1.54) is 12.1 Å². The largest absolute Gasteiger partial charge is 0.289 e. The van der Waals surface area contributed by atoms with Crippen LogP contribution in [0.3, 0.4) is 0 Å². The van der Waals surface area contributed by atoms with Crippen molar-refractivity contribution in [2.45, 2.75) is 5.75 Å². The van der Waals surface area contributed by atoms with Crippen LogP contribution in [0.4, 0.5) is 11.4 Å². The van der Waals surface area contributed by atoms with Crippen molar-refractivity contribution < 1.29 is 13.3 Å². The van der Waals surface area contributed by atoms with Gasteiger partial charge in [0.15, 0.2) is 0 Å². The van der Waals surface area contributed by atoms with Crippen molar-refractivity contribution in [3.05, 3.63) is 68.2 Å². The van der Waals surface area contributed by atoms with Gasteiger partial charge in [0.05, 0.1) is 16.4 Å². The fourth-order valence-corrected chi connectivity index (χ4v) is 3.44. The van der Waals surface area contributed by atoms with Gasteiger partial charge in [-0.1, -0.05) is 41.4 Å². The Kier molecular flexibility index (Phi) is 4.90. The minimum atomic E-state index is -3.77. The molecule has 0 heterocycles. The van der Waals surface area contributed by atoms with Crippen LogP contribution in [0.15, 0.2) is 42.5 Å². The number of nitro groups is 1. The van der Waals surface area contributed by atoms with Gasteiger partial charge in [0, 0.05) is 11.1 Å². The number of anilines is 1. The summed E-state index contributed by atoms with van der Waals surface area (Å²) in [5, 5.41) is 11.1. The van der Waals surface area contributed by atoms with Gasteiger partial charge in [-0.2, -0.15) is 0 Å². The SMILES string of the molecule is O=[N+]([O-])c1cc(NS(=O)(=O)Cc2ccccc2Cl)ccc1Cl. The van der Waals surface area contributed by atoms with Gasteiger partial charge in [-0.05, 0) is 23.8 Å². The Hall–Kier alpha value is -1.83. The van der Waals surface area contributed by atoms with E-state index in [4.69, 9.17) is 23.2 Å². The number of hydrogen-bond acceptors (Lipinski definition) is 4. The molecule has 2 rings (SSSR count). The predicted octanol–water partition coefficient (Wildman–Crippen LogP) is 3.84. The third-order valence-electron chi connectivity index (χ3n) is 2.72. The van der Waals surface area contributed by atoms with Crippen LogP contribution in [-0.4, -0.2) is 13.3 Å². The first-order valence-electron chi connectivity index (χ1n) is 5.96. The third kappa shape index (κ3) is 4.09. The molecule has 2 aromatic carbocycles. The summed E-state index contributed by atoms with van der Waals surface area (Å²) in [5.41, 5.74) is 0.114. The molecule has 9 heteroatoms. The van der Waals surface area contributed by atoms with Gasteiger partial charge < -0.3 is 0 Å². The Morgan fingerprint density at radius 1 is 1.09 bits per heavy atom. The lowest BCUT2D eigenvalue weighted by atomic mass is 10.2. The second-order valence-corrected chi connectivity index (χ2v) is 6.91. The van der Waals surface area contributed by atoms with Crippen LogP contribution in [0.2, 0.25) is 10.0 Å². The van der Waals surface area contributed by atoms with Crippen LogP contribution >= 0.6 is 23.2 Å². The first-order valence-corrected chi connectivity index (χ1v) is 8.37. The van der Waals surface area contributed by atoms with E-state index in [0.717, 1.165) is 6.07 Å². The van der Waals surface area contributed by atoms with Crippen LogP contribution in [-0.2, 0) is 15.8 Å². The number of nitrogens with zero attached hydrogens (tertiary/aromatic N) is 1. The minimum absolute atomic E-state index is 0.0585. The number of rotatable bonds is 5. The molecule has 0 aliphatic rings.